The van der Waals surface area contributed by atoms with Crippen LogP contribution in [0.5, 0.6) is 0 Å². The van der Waals surface area contributed by atoms with E-state index in [2.05, 4.69) is 36.9 Å². The average molecular weight is 288 g/mol. The maximum Gasteiger partial charge on any atom is 0.0730 e. The number of hydrogen-bond acceptors (Lipinski definition) is 3. The van der Waals surface area contributed by atoms with Gasteiger partial charge in [-0.05, 0) is 45.1 Å². The molecule has 1 aromatic rings. The van der Waals surface area contributed by atoms with Crippen molar-refractivity contribution in [2.24, 2.45) is 5.73 Å². The van der Waals surface area contributed by atoms with Gasteiger partial charge in [-0.3, -0.25) is 4.90 Å². The Hall–Kier alpha value is -0.900. The van der Waals surface area contributed by atoms with Crippen LogP contribution in [0, 0.1) is 13.8 Å². The summed E-state index contributed by atoms with van der Waals surface area (Å²) < 4.78 is 5.88. The molecule has 2 fully saturated rings. The first-order chi connectivity index (χ1) is 10.1. The molecule has 0 spiro atoms. The fourth-order valence-corrected chi connectivity index (χ4v) is 3.98. The molecular formula is C18H28N2O. The second kappa shape index (κ2) is 6.47. The van der Waals surface area contributed by atoms with Gasteiger partial charge in [0.1, 0.15) is 0 Å². The average Bonchev–Trinajstić information content (AvgIpc) is 2.92. The lowest BCUT2D eigenvalue weighted by Crippen LogP contribution is -2.49. The minimum Gasteiger partial charge on any atom is -0.375 e. The maximum atomic E-state index is 6.43. The molecule has 2 aliphatic rings. The summed E-state index contributed by atoms with van der Waals surface area (Å²) >= 11 is 0. The highest BCUT2D eigenvalue weighted by molar-refractivity contribution is 5.30. The summed E-state index contributed by atoms with van der Waals surface area (Å²) in [6.45, 7) is 7.35. The summed E-state index contributed by atoms with van der Waals surface area (Å²) in [6, 6.07) is 7.46. The highest BCUT2D eigenvalue weighted by Crippen LogP contribution is 2.30. The van der Waals surface area contributed by atoms with Crippen molar-refractivity contribution in [3.8, 4) is 0 Å². The molecule has 3 heteroatoms. The fraction of sp³-hybridized carbons (Fsp3) is 0.667. The van der Waals surface area contributed by atoms with Gasteiger partial charge in [0.2, 0.25) is 0 Å². The number of benzene rings is 1. The van der Waals surface area contributed by atoms with E-state index in [1.807, 2.05) is 0 Å². The van der Waals surface area contributed by atoms with Crippen molar-refractivity contribution in [1.82, 2.24) is 4.90 Å². The second-order valence-electron chi connectivity index (χ2n) is 6.76. The number of rotatable bonds is 4. The Balaban J connectivity index is 1.59. The predicted molar refractivity (Wildman–Crippen MR) is 86.4 cm³/mol. The summed E-state index contributed by atoms with van der Waals surface area (Å²) in [6.07, 6.45) is 5.37. The van der Waals surface area contributed by atoms with Gasteiger partial charge in [0.25, 0.3) is 0 Å². The van der Waals surface area contributed by atoms with Crippen LogP contribution in [0.2, 0.25) is 0 Å². The third kappa shape index (κ3) is 3.47. The van der Waals surface area contributed by atoms with E-state index in [1.54, 1.807) is 0 Å². The highest BCUT2D eigenvalue weighted by Gasteiger charge is 2.35. The van der Waals surface area contributed by atoms with Crippen molar-refractivity contribution in [2.45, 2.75) is 57.7 Å². The molecule has 1 aromatic carbocycles. The Kier molecular flexibility index (Phi) is 4.63. The smallest absolute Gasteiger partial charge is 0.0730 e. The molecule has 3 atom stereocenters. The highest BCUT2D eigenvalue weighted by atomic mass is 16.5. The van der Waals surface area contributed by atoms with Crippen LogP contribution in [-0.2, 0) is 4.74 Å². The lowest BCUT2D eigenvalue weighted by atomic mass is 9.99. The molecule has 21 heavy (non-hydrogen) atoms. The van der Waals surface area contributed by atoms with E-state index >= 15 is 0 Å². The van der Waals surface area contributed by atoms with Gasteiger partial charge in [-0.25, -0.2) is 0 Å². The Morgan fingerprint density at radius 2 is 2.00 bits per heavy atom. The maximum absolute atomic E-state index is 6.43. The lowest BCUT2D eigenvalue weighted by molar-refractivity contribution is -0.0561. The number of hydrogen-bond donors (Lipinski definition) is 1. The molecule has 3 nitrogen and oxygen atoms in total. The van der Waals surface area contributed by atoms with E-state index in [-0.39, 0.29) is 6.04 Å². The van der Waals surface area contributed by atoms with Gasteiger partial charge in [-0.15, -0.1) is 0 Å². The first-order valence-corrected chi connectivity index (χ1v) is 8.33. The van der Waals surface area contributed by atoms with Crippen LogP contribution >= 0.6 is 0 Å². The Morgan fingerprint density at radius 3 is 2.76 bits per heavy atom. The molecule has 1 aliphatic carbocycles. The van der Waals surface area contributed by atoms with Crippen molar-refractivity contribution < 1.29 is 4.74 Å². The van der Waals surface area contributed by atoms with Crippen LogP contribution in [0.15, 0.2) is 18.2 Å². The second-order valence-corrected chi connectivity index (χ2v) is 6.76. The fourth-order valence-electron chi connectivity index (χ4n) is 3.98. The van der Waals surface area contributed by atoms with Gasteiger partial charge >= 0.3 is 0 Å². The van der Waals surface area contributed by atoms with Crippen LogP contribution in [0.4, 0.5) is 0 Å². The molecule has 1 saturated heterocycles. The number of nitrogens with zero attached hydrogens (tertiary/aromatic N) is 1. The summed E-state index contributed by atoms with van der Waals surface area (Å²) in [4.78, 5) is 2.61. The van der Waals surface area contributed by atoms with Crippen LogP contribution in [0.3, 0.4) is 0 Å². The Morgan fingerprint density at radius 1 is 1.24 bits per heavy atom. The molecule has 1 aliphatic heterocycles. The molecule has 0 bridgehead atoms. The molecule has 1 saturated carbocycles. The third-order valence-corrected chi connectivity index (χ3v) is 5.00. The minimum absolute atomic E-state index is 0.145. The summed E-state index contributed by atoms with van der Waals surface area (Å²) in [5.74, 6) is 0. The topological polar surface area (TPSA) is 38.5 Å². The molecule has 0 radical (unpaired) electrons. The largest absolute Gasteiger partial charge is 0.375 e. The van der Waals surface area contributed by atoms with Crippen molar-refractivity contribution in [3.05, 3.63) is 34.9 Å². The van der Waals surface area contributed by atoms with Gasteiger partial charge in [-0.1, -0.05) is 29.3 Å². The monoisotopic (exact) mass is 288 g/mol. The van der Waals surface area contributed by atoms with Gasteiger partial charge in [0.05, 0.1) is 12.7 Å². The van der Waals surface area contributed by atoms with Gasteiger partial charge in [0.15, 0.2) is 0 Å². The Labute approximate surface area is 128 Å². The molecule has 2 N–H and O–H groups in total. The summed E-state index contributed by atoms with van der Waals surface area (Å²) in [5.41, 5.74) is 10.3. The Bertz CT molecular complexity index is 468. The van der Waals surface area contributed by atoms with E-state index in [1.165, 1.54) is 36.0 Å². The van der Waals surface area contributed by atoms with Gasteiger partial charge < -0.3 is 10.5 Å². The summed E-state index contributed by atoms with van der Waals surface area (Å²) in [5, 5.41) is 0. The van der Waals surface area contributed by atoms with E-state index in [9.17, 15) is 0 Å². The SMILES string of the molecule is Cc1cc(C)cc(C(N)CCN2CCOC3CCCC32)c1. The first-order valence-electron chi connectivity index (χ1n) is 8.33. The molecule has 0 amide bonds. The van der Waals surface area contributed by atoms with Crippen molar-refractivity contribution in [3.63, 3.8) is 0 Å². The van der Waals surface area contributed by atoms with Crippen LogP contribution in [-0.4, -0.2) is 36.7 Å². The first kappa shape index (κ1) is 15.0. The van der Waals surface area contributed by atoms with E-state index in [0.717, 1.165) is 26.1 Å². The van der Waals surface area contributed by atoms with Gasteiger partial charge in [0, 0.05) is 25.2 Å². The van der Waals surface area contributed by atoms with Crippen molar-refractivity contribution >= 4 is 0 Å². The zero-order valence-corrected chi connectivity index (χ0v) is 13.3. The van der Waals surface area contributed by atoms with Crippen LogP contribution in [0.25, 0.3) is 0 Å². The number of ether oxygens (including phenoxy) is 1. The van der Waals surface area contributed by atoms with Crippen LogP contribution in [0.1, 0.15) is 48.4 Å². The minimum atomic E-state index is 0.145. The molecular weight excluding hydrogens is 260 g/mol. The number of aryl methyl sites for hydroxylation is 2. The molecule has 3 unspecified atom stereocenters. The van der Waals surface area contributed by atoms with Crippen LogP contribution < -0.4 is 5.73 Å². The summed E-state index contributed by atoms with van der Waals surface area (Å²) in [7, 11) is 0. The molecule has 1 heterocycles. The number of nitrogens with two attached hydrogens (primary N) is 1. The molecule has 0 aromatic heterocycles. The normalized spacial score (nSPS) is 27.6. The lowest BCUT2D eigenvalue weighted by Gasteiger charge is -2.38. The predicted octanol–water partition coefficient (Wildman–Crippen LogP) is 2.95. The standard InChI is InChI=1S/C18H28N2O/c1-13-10-14(2)12-15(11-13)16(19)6-7-20-8-9-21-18-5-3-4-17(18)20/h10-12,16-18H,3-9,19H2,1-2H3. The van der Waals surface area contributed by atoms with E-state index < -0.39 is 0 Å². The number of fused-ring (bicyclic) bond motifs is 1. The third-order valence-electron chi connectivity index (χ3n) is 5.00. The zero-order valence-electron chi connectivity index (χ0n) is 13.3. The zero-order chi connectivity index (χ0) is 14.8. The van der Waals surface area contributed by atoms with Gasteiger partial charge in [-0.2, -0.15) is 0 Å². The quantitative estimate of drug-likeness (QED) is 0.926. The van der Waals surface area contributed by atoms with E-state index in [0.29, 0.717) is 12.1 Å². The molecule has 3 rings (SSSR count). The van der Waals surface area contributed by atoms with E-state index in [4.69, 9.17) is 10.5 Å². The van der Waals surface area contributed by atoms with Crippen molar-refractivity contribution in [2.75, 3.05) is 19.7 Å². The van der Waals surface area contributed by atoms with Crippen molar-refractivity contribution in [1.29, 1.82) is 0 Å². The molecule has 116 valence electrons. The number of morpholine rings is 1.